The quantitative estimate of drug-likeness (QED) is 0.00899. The number of hydrogen-bond donors (Lipinski definition) is 8. The van der Waals surface area contributed by atoms with Gasteiger partial charge in [-0.2, -0.15) is 0 Å². The second-order valence-electron chi connectivity index (χ2n) is 37.6. The minimum absolute atomic E-state index is 0.285. The average Bonchev–Trinajstić information content (AvgIpc) is 0.875. The molecule has 20 heteroatoms. The molecular weight excluding hydrogens is 1610 g/mol. The van der Waals surface area contributed by atoms with E-state index < -0.39 is 0 Å². The zero-order valence-corrected chi connectivity index (χ0v) is 81.2. The molecule has 0 aliphatic heterocycles. The first-order valence-corrected chi connectivity index (χ1v) is 50.1. The third-order valence-electron chi connectivity index (χ3n) is 26.2. The summed E-state index contributed by atoms with van der Waals surface area (Å²) in [7, 11) is 0. The van der Waals surface area contributed by atoms with Crippen LogP contribution in [0.3, 0.4) is 0 Å². The highest BCUT2D eigenvalue weighted by molar-refractivity contribution is 5.94. The van der Waals surface area contributed by atoms with Crippen LogP contribution in [0.2, 0.25) is 0 Å². The molecule has 0 saturated heterocycles. The maximum atomic E-state index is 11.8. The zero-order valence-electron chi connectivity index (χ0n) is 81.2. The lowest BCUT2D eigenvalue weighted by Gasteiger charge is -2.37. The summed E-state index contributed by atoms with van der Waals surface area (Å²) in [5.41, 5.74) is 50.8. The van der Waals surface area contributed by atoms with Crippen LogP contribution in [0, 0.1) is 35.0 Å². The Morgan fingerprint density at radius 2 is 0.550 bits per heavy atom. The molecular formula is C109H168N8O12. The molecule has 0 heterocycles. The zero-order chi connectivity index (χ0) is 93.7. The van der Waals surface area contributed by atoms with Crippen LogP contribution >= 0.6 is 0 Å². The van der Waals surface area contributed by atoms with Crippen molar-refractivity contribution in [3.63, 3.8) is 0 Å². The number of unbranched alkanes of at least 4 members (excludes halogenated alkanes) is 6. The van der Waals surface area contributed by atoms with Crippen LogP contribution in [0.15, 0.2) is 109 Å². The van der Waals surface area contributed by atoms with Gasteiger partial charge in [0.15, 0.2) is 0 Å². The Labute approximate surface area is 776 Å². The number of anilines is 8. The molecule has 0 spiro atoms. The first-order chi connectivity index (χ1) is 62.2. The van der Waals surface area contributed by atoms with Crippen LogP contribution in [-0.2, 0) is 54.1 Å². The Morgan fingerprint density at radius 3 is 0.845 bits per heavy atom. The lowest BCUT2D eigenvalue weighted by molar-refractivity contribution is 0.0517. The van der Waals surface area contributed by atoms with Gasteiger partial charge >= 0.3 is 35.8 Å². The molecule has 0 bridgehead atoms. The minimum atomic E-state index is -0.322. The standard InChI is InChI=1S/C22H35NO2.C20H31NO2.C18H27NO2.C18H29NO2.C16H24N2O2.C15H22N2O2/c1-2-25-22(24)20-15-14-19(21(23)17-20)16-18-12-10-8-6-4-3-5-7-9-11-13-18;1-5-23-19(22)16-9-8-15(18(21)13-16)12-14-6-10-17(11-7-14)20(2,3)4;1-2-21-18(20)16-11-10-15(17(19)13-16)12-14-8-6-4-3-5-7-9-14;1-3-5-6-7-8-9-10-11-15-12-13-16(14-17(15)19)18(20)21-4-2;1-3-20-16(19)12-6-9-15(14(17)10-12)18-13-7-4-11(2)5-8-13;1-2-19-15(18)11-8-9-14(13(16)10-11)17-12-6-4-3-5-7-12/h14-15,17-18H,2-13,16,23H2,1H3;8-9,13-14,17H,5-7,10-12,21H2,1-4H3;10-11,13-14H,2-9,12,19H2,1H3;12-14H,3-11,19H2,1-2H3;6,9-11,13,18H,3-5,7-8,17H2,1-2H3;8-10,12,17H,2-7,16H2,1H3. The summed E-state index contributed by atoms with van der Waals surface area (Å²) in [6.07, 6.45) is 53.9. The van der Waals surface area contributed by atoms with E-state index in [1.54, 1.807) is 69.3 Å². The van der Waals surface area contributed by atoms with E-state index >= 15 is 0 Å². The largest absolute Gasteiger partial charge is 0.462 e. The number of carbonyl (C=O) groups is 6. The van der Waals surface area contributed by atoms with Gasteiger partial charge in [0, 0.05) is 34.8 Å². The fourth-order valence-corrected chi connectivity index (χ4v) is 18.3. The minimum Gasteiger partial charge on any atom is -0.462 e. The molecule has 5 saturated carbocycles. The Bertz CT molecular complexity index is 4230. The molecule has 716 valence electrons. The van der Waals surface area contributed by atoms with Crippen LogP contribution in [0.1, 0.15) is 405 Å². The van der Waals surface area contributed by atoms with Crippen LogP contribution in [0.25, 0.3) is 0 Å². The molecule has 11 rings (SSSR count). The van der Waals surface area contributed by atoms with Crippen molar-refractivity contribution in [2.75, 3.05) is 84.7 Å². The molecule has 0 aromatic heterocycles. The van der Waals surface area contributed by atoms with Crippen LogP contribution in [0.5, 0.6) is 0 Å². The highest BCUT2D eigenvalue weighted by atomic mass is 16.5. The molecule has 129 heavy (non-hydrogen) atoms. The van der Waals surface area contributed by atoms with Crippen LogP contribution < -0.4 is 45.0 Å². The topological polar surface area (TPSA) is 338 Å². The first kappa shape index (κ1) is 108. The number of nitrogen functional groups attached to an aromatic ring is 6. The molecule has 0 unspecified atom stereocenters. The summed E-state index contributed by atoms with van der Waals surface area (Å²) < 4.78 is 30.0. The van der Waals surface area contributed by atoms with Gasteiger partial charge in [-0.1, -0.05) is 232 Å². The van der Waals surface area contributed by atoms with Gasteiger partial charge in [-0.05, 0) is 280 Å². The second-order valence-corrected chi connectivity index (χ2v) is 37.6. The number of esters is 6. The van der Waals surface area contributed by atoms with Crippen molar-refractivity contribution in [3.8, 4) is 0 Å². The normalized spacial score (nSPS) is 17.7. The molecule has 14 N–H and O–H groups in total. The van der Waals surface area contributed by atoms with Gasteiger partial charge in [0.1, 0.15) is 0 Å². The summed E-state index contributed by atoms with van der Waals surface area (Å²) in [6.45, 7) is 24.7. The van der Waals surface area contributed by atoms with E-state index in [0.717, 1.165) is 89.7 Å². The summed E-state index contributed by atoms with van der Waals surface area (Å²) in [5, 5.41) is 6.96. The number of nitrogens with one attached hydrogen (secondary N) is 2. The highest BCUT2D eigenvalue weighted by Gasteiger charge is 2.31. The van der Waals surface area contributed by atoms with E-state index in [0.29, 0.717) is 119 Å². The Balaban J connectivity index is 0.000000239. The van der Waals surface area contributed by atoms with Gasteiger partial charge in [0.05, 0.1) is 95.8 Å². The van der Waals surface area contributed by atoms with Gasteiger partial charge < -0.3 is 73.5 Å². The van der Waals surface area contributed by atoms with E-state index in [1.807, 2.05) is 81.4 Å². The molecule has 5 fully saturated rings. The first-order valence-electron chi connectivity index (χ1n) is 50.1. The number of benzene rings is 6. The van der Waals surface area contributed by atoms with Crippen LogP contribution in [-0.4, -0.2) is 87.5 Å². The number of nitrogens with two attached hydrogens (primary N) is 6. The van der Waals surface area contributed by atoms with Gasteiger partial charge in [0.25, 0.3) is 0 Å². The van der Waals surface area contributed by atoms with Gasteiger partial charge in [-0.3, -0.25) is 0 Å². The highest BCUT2D eigenvalue weighted by Crippen LogP contribution is 2.42. The molecule has 6 aromatic carbocycles. The fourth-order valence-electron chi connectivity index (χ4n) is 18.3. The third-order valence-corrected chi connectivity index (χ3v) is 26.2. The number of carbonyl (C=O) groups excluding carboxylic acids is 6. The van der Waals surface area contributed by atoms with Crippen molar-refractivity contribution in [2.24, 2.45) is 35.0 Å². The number of aryl methyl sites for hydroxylation is 1. The Kier molecular flexibility index (Phi) is 51.4. The summed E-state index contributed by atoms with van der Waals surface area (Å²) >= 11 is 0. The van der Waals surface area contributed by atoms with Crippen molar-refractivity contribution in [1.29, 1.82) is 0 Å². The smallest absolute Gasteiger partial charge is 0.338 e. The molecule has 0 amide bonds. The fraction of sp³-hybridized carbons (Fsp3) is 0.615. The summed E-state index contributed by atoms with van der Waals surface area (Å²) in [5.74, 6) is 2.02. The Morgan fingerprint density at radius 1 is 0.295 bits per heavy atom. The molecule has 0 radical (unpaired) electrons. The third kappa shape index (κ3) is 41.3. The number of rotatable bonds is 30. The molecule has 20 nitrogen and oxygen atoms in total. The summed E-state index contributed by atoms with van der Waals surface area (Å²) in [4.78, 5) is 70.1. The maximum absolute atomic E-state index is 11.8. The van der Waals surface area contributed by atoms with E-state index in [4.69, 9.17) is 62.8 Å². The van der Waals surface area contributed by atoms with Gasteiger partial charge in [-0.15, -0.1) is 0 Å². The van der Waals surface area contributed by atoms with Gasteiger partial charge in [0.2, 0.25) is 0 Å². The predicted octanol–water partition coefficient (Wildman–Crippen LogP) is 26.5. The SMILES string of the molecule is CCCCCCCCCc1ccc(C(=O)OCC)cc1N.CCOC(=O)c1ccc(CC2CCC(C(C)(C)C)CC2)c(N)c1.CCOC(=O)c1ccc(CC2CCCCCCC2)c(N)c1.CCOC(=O)c1ccc(CC2CCCCCCCCCCC2)c(N)c1.CCOC(=O)c1ccc(NC2CCC(C)CC2)c(N)c1.CCOC(=O)c1ccc(NC2CCCCC2)c(N)c1. The lowest BCUT2D eigenvalue weighted by Crippen LogP contribution is -2.26. The average molecular weight is 1780 g/mol. The van der Waals surface area contributed by atoms with Crippen molar-refractivity contribution < 1.29 is 57.2 Å². The van der Waals surface area contributed by atoms with E-state index in [-0.39, 0.29) is 35.8 Å². The molecule has 5 aliphatic carbocycles. The van der Waals surface area contributed by atoms with Crippen molar-refractivity contribution in [2.45, 2.75) is 358 Å². The van der Waals surface area contributed by atoms with E-state index in [9.17, 15) is 28.8 Å². The molecule has 6 aromatic rings. The number of ether oxygens (including phenoxy) is 6. The molecule has 0 atom stereocenters. The van der Waals surface area contributed by atoms with E-state index in [1.165, 1.54) is 249 Å². The van der Waals surface area contributed by atoms with Crippen LogP contribution in [0.4, 0.5) is 45.5 Å². The Hall–Kier alpha value is -9.46. The van der Waals surface area contributed by atoms with Gasteiger partial charge in [-0.25, -0.2) is 28.8 Å². The lowest BCUT2D eigenvalue weighted by atomic mass is 9.69. The monoisotopic (exact) mass is 1780 g/mol. The summed E-state index contributed by atoms with van der Waals surface area (Å²) in [6, 6.07) is 34.0. The van der Waals surface area contributed by atoms with E-state index in [2.05, 4.69) is 45.3 Å². The predicted molar refractivity (Wildman–Crippen MR) is 534 cm³/mol. The second kappa shape index (κ2) is 61.2. The van der Waals surface area contributed by atoms with Crippen molar-refractivity contribution >= 4 is 81.3 Å². The maximum Gasteiger partial charge on any atom is 0.338 e. The van der Waals surface area contributed by atoms with Crippen molar-refractivity contribution in [3.05, 3.63) is 165 Å². The number of hydrogen-bond acceptors (Lipinski definition) is 20. The van der Waals surface area contributed by atoms with Crippen molar-refractivity contribution in [1.82, 2.24) is 0 Å². The molecule has 5 aliphatic rings.